The monoisotopic (exact) mass is 376 g/mol. The zero-order valence-corrected chi connectivity index (χ0v) is 13.9. The molecule has 3 N–H and O–H groups in total. The fourth-order valence-electron chi connectivity index (χ4n) is 2.04. The molecule has 1 heterocycles. The Morgan fingerprint density at radius 3 is 2.81 bits per heavy atom. The largest absolute Gasteiger partial charge is 0.383 e. The Morgan fingerprint density at radius 2 is 2.12 bits per heavy atom. The first kappa shape index (κ1) is 7.68. The van der Waals surface area contributed by atoms with Crippen molar-refractivity contribution >= 4 is 17.7 Å². The van der Waals surface area contributed by atoms with Gasteiger partial charge in [0.2, 0.25) is 17.7 Å². The summed E-state index contributed by atoms with van der Waals surface area (Å²) >= 11 is 0. The summed E-state index contributed by atoms with van der Waals surface area (Å²) < 4.78 is 118. The van der Waals surface area contributed by atoms with Crippen molar-refractivity contribution in [1.82, 2.24) is 15.5 Å². The van der Waals surface area contributed by atoms with Crippen molar-refractivity contribution in [3.63, 3.8) is 0 Å². The van der Waals surface area contributed by atoms with Crippen LogP contribution in [0.3, 0.4) is 0 Å². The Balaban J connectivity index is 2.55. The Kier molecular flexibility index (Phi) is 2.46. The molecule has 1 aromatic carbocycles. The molecule has 3 atom stereocenters. The number of carbonyl (C=O) groups excluding carboxylic acids is 3. The molecule has 2 rings (SSSR count). The first-order valence-corrected chi connectivity index (χ1v) is 7.36. The molecular formula is C19H27N3O4. The molecule has 1 aromatic rings. The molecule has 0 unspecified atom stereocenters. The summed E-state index contributed by atoms with van der Waals surface area (Å²) in [6.45, 7) is -9.63. The second-order valence-electron chi connectivity index (χ2n) is 5.41. The summed E-state index contributed by atoms with van der Waals surface area (Å²) in [5, 5.41) is 14.1. The highest BCUT2D eigenvalue weighted by molar-refractivity contribution is 5.93. The molecule has 7 nitrogen and oxygen atoms in total. The van der Waals surface area contributed by atoms with E-state index in [0.29, 0.717) is 0 Å². The molecule has 0 saturated carbocycles. The number of amides is 3. The Bertz CT molecular complexity index is 1250. The van der Waals surface area contributed by atoms with Crippen LogP contribution in [0.1, 0.15) is 58.4 Å². The van der Waals surface area contributed by atoms with Crippen molar-refractivity contribution in [1.29, 1.82) is 0 Å². The molecule has 26 heavy (non-hydrogen) atoms. The van der Waals surface area contributed by atoms with Crippen LogP contribution < -0.4 is 10.6 Å². The number of hydrogen-bond donors (Lipinski definition) is 3. The number of likely N-dealkylation sites (N-methyl/N-ethyl adjacent to an activating group) is 1. The normalized spacial score (nSPS) is 33.0. The van der Waals surface area contributed by atoms with Gasteiger partial charge in [-0.2, -0.15) is 0 Å². The van der Waals surface area contributed by atoms with Gasteiger partial charge in [-0.1, -0.05) is 37.9 Å². The van der Waals surface area contributed by atoms with E-state index >= 15 is 0 Å². The number of rotatable bonds is 5. The van der Waals surface area contributed by atoms with Gasteiger partial charge >= 0.3 is 0 Å². The van der Waals surface area contributed by atoms with Gasteiger partial charge in [0.15, 0.2) is 0 Å². The number of fused-ring (bicyclic) bond motifs is 1. The molecule has 0 aliphatic carbocycles. The summed E-state index contributed by atoms with van der Waals surface area (Å²) in [5.74, 6) is -8.13. The summed E-state index contributed by atoms with van der Waals surface area (Å²) in [4.78, 5) is 39.2. The number of aliphatic hydroxyl groups is 1. The predicted octanol–water partition coefficient (Wildman–Crippen LogP) is 0.380. The maximum Gasteiger partial charge on any atom is 0.249 e. The lowest BCUT2D eigenvalue weighted by Gasteiger charge is -2.24. The van der Waals surface area contributed by atoms with Crippen LogP contribution in [0, 0.1) is 5.89 Å². The average Bonchev–Trinajstić information content (AvgIpc) is 2.87. The van der Waals surface area contributed by atoms with Crippen molar-refractivity contribution in [3.8, 4) is 0 Å². The number of carbonyl (C=O) groups is 3. The molecule has 0 saturated heterocycles. The Labute approximate surface area is 174 Å². The van der Waals surface area contributed by atoms with E-state index in [1.54, 1.807) is 0 Å². The first-order valence-electron chi connectivity index (χ1n) is 14.9. The third-order valence-corrected chi connectivity index (χ3v) is 3.49. The zero-order chi connectivity index (χ0) is 32.4. The van der Waals surface area contributed by atoms with Gasteiger partial charge in [0.25, 0.3) is 0 Å². The van der Waals surface area contributed by atoms with Gasteiger partial charge in [0.1, 0.15) is 18.2 Å². The molecule has 0 aromatic heterocycles. The topological polar surface area (TPSA) is 98.7 Å². The van der Waals surface area contributed by atoms with Crippen LogP contribution in [0.2, 0.25) is 0 Å². The van der Waals surface area contributed by atoms with Crippen molar-refractivity contribution in [2.45, 2.75) is 45.2 Å². The van der Waals surface area contributed by atoms with Crippen molar-refractivity contribution in [3.05, 3.63) is 35.3 Å². The van der Waals surface area contributed by atoms with Gasteiger partial charge in [-0.15, -0.1) is 0 Å². The molecule has 0 fully saturated rings. The van der Waals surface area contributed by atoms with Crippen LogP contribution in [0.25, 0.3) is 0 Å². The number of aliphatic hydroxyl groups excluding tert-OH is 1. The standard InChI is InChI=1S/C19H27N3O4/c1-11(2)16(23)18(25)20-12(3)17(24)21-15-14-8-6-5-7-13(14)9-10-22(4)19(15)26/h5-8,11-12,15-16,23H,9-10H2,1-4H3,(H,20,25)(H,21,24)/t12-,15-,16-/m0/s1/i1D3,2D3,5D,6D,7D,8D,9D2,10D2,11D. The van der Waals surface area contributed by atoms with Crippen LogP contribution in [0.5, 0.6) is 0 Å². The highest BCUT2D eigenvalue weighted by atomic mass is 16.3. The van der Waals surface area contributed by atoms with Crippen molar-refractivity contribution in [2.75, 3.05) is 13.5 Å². The van der Waals surface area contributed by atoms with E-state index in [1.165, 1.54) is 0 Å². The van der Waals surface area contributed by atoms with Gasteiger partial charge in [0, 0.05) is 28.6 Å². The van der Waals surface area contributed by atoms with Gasteiger partial charge in [-0.05, 0) is 30.3 Å². The van der Waals surface area contributed by atoms with Crippen LogP contribution in [0.4, 0.5) is 0 Å². The van der Waals surface area contributed by atoms with Crippen molar-refractivity contribution in [2.24, 2.45) is 5.89 Å². The SMILES string of the molecule is [2H]c1c([2H])c([2H])c2c(c1[2H])[C@H](NC(=O)[C@H](C)NC(=O)[C@@H](O)C([2H])(C([2H])([2H])[2H])C([2H])([2H])[2H])C(=O)N(C)C([2H])([2H])C2([2H])[2H]. The van der Waals surface area contributed by atoms with Crippen molar-refractivity contribution < 1.29 is 40.1 Å². The third kappa shape index (κ3) is 4.40. The fraction of sp³-hybridized carbons (Fsp3) is 0.526. The van der Waals surface area contributed by atoms with E-state index in [-0.39, 0.29) is 4.90 Å². The molecule has 0 spiro atoms. The molecular weight excluding hydrogens is 334 g/mol. The van der Waals surface area contributed by atoms with Crippen LogP contribution in [0.15, 0.2) is 24.2 Å². The minimum absolute atomic E-state index is 0.262. The third-order valence-electron chi connectivity index (χ3n) is 3.49. The van der Waals surface area contributed by atoms with Gasteiger partial charge in [0.05, 0.1) is 5.48 Å². The molecule has 7 heteroatoms. The maximum atomic E-state index is 13.3. The lowest BCUT2D eigenvalue weighted by atomic mass is 9.99. The second kappa shape index (κ2) is 8.31. The van der Waals surface area contributed by atoms with Gasteiger partial charge < -0.3 is 20.6 Å². The van der Waals surface area contributed by atoms with E-state index < -0.39 is 104 Å². The predicted molar refractivity (Wildman–Crippen MR) is 97.1 cm³/mol. The van der Waals surface area contributed by atoms with E-state index in [4.69, 9.17) is 20.6 Å². The van der Waals surface area contributed by atoms with E-state index in [1.807, 2.05) is 5.32 Å². The summed E-state index contributed by atoms with van der Waals surface area (Å²) in [5.41, 5.74) is -1.74. The summed E-state index contributed by atoms with van der Waals surface area (Å²) in [6.07, 6.45) is -6.23. The van der Waals surface area contributed by atoms with Gasteiger partial charge in [-0.3, -0.25) is 14.4 Å². The van der Waals surface area contributed by atoms with E-state index in [2.05, 4.69) is 5.32 Å². The minimum Gasteiger partial charge on any atom is -0.383 e. The highest BCUT2D eigenvalue weighted by Gasteiger charge is 2.32. The quantitative estimate of drug-likeness (QED) is 0.692. The number of hydrogen-bond acceptors (Lipinski definition) is 4. The van der Waals surface area contributed by atoms with Crippen LogP contribution in [-0.2, 0) is 20.8 Å². The second-order valence-corrected chi connectivity index (χ2v) is 5.41. The number of nitrogens with one attached hydrogen (secondary N) is 2. The zero-order valence-electron chi connectivity index (χ0n) is 28.9. The fourth-order valence-corrected chi connectivity index (χ4v) is 2.04. The van der Waals surface area contributed by atoms with E-state index in [9.17, 15) is 19.5 Å². The highest BCUT2D eigenvalue weighted by Crippen LogP contribution is 2.24. The molecule has 1 aliphatic rings. The minimum atomic E-state index is -3.71. The molecule has 142 valence electrons. The van der Waals surface area contributed by atoms with Gasteiger partial charge in [-0.25, -0.2) is 0 Å². The number of benzene rings is 1. The summed E-state index contributed by atoms with van der Waals surface area (Å²) in [6, 6.07) is -7.76. The number of nitrogens with zero attached hydrogens (tertiary/aromatic N) is 1. The lowest BCUT2D eigenvalue weighted by molar-refractivity contribution is -0.137. The molecule has 1 aliphatic heterocycles. The van der Waals surface area contributed by atoms with Crippen LogP contribution in [-0.4, -0.2) is 53.4 Å². The smallest absolute Gasteiger partial charge is 0.249 e. The van der Waals surface area contributed by atoms with E-state index in [0.717, 1.165) is 14.0 Å². The summed E-state index contributed by atoms with van der Waals surface area (Å²) in [7, 11) is 0.834. The molecule has 3 amide bonds. The molecule has 0 bridgehead atoms. The lowest BCUT2D eigenvalue weighted by Crippen LogP contribution is -2.51. The Hall–Kier alpha value is -2.41. The first-order chi connectivity index (χ1) is 18.2. The van der Waals surface area contributed by atoms with Crippen LogP contribution >= 0.6 is 0 Å². The Morgan fingerprint density at radius 1 is 1.42 bits per heavy atom. The average molecular weight is 377 g/mol. The molecule has 0 radical (unpaired) electrons. The maximum absolute atomic E-state index is 13.3.